The summed E-state index contributed by atoms with van der Waals surface area (Å²) in [5, 5.41) is 0. The second-order valence-corrected chi connectivity index (χ2v) is 8.48. The Morgan fingerprint density at radius 2 is 1.25 bits per heavy atom. The zero-order valence-corrected chi connectivity index (χ0v) is 14.3. The van der Waals surface area contributed by atoms with Gasteiger partial charge in [0.25, 0.3) is 0 Å². The Labute approximate surface area is 127 Å². The topological polar surface area (TPSA) is 52.6 Å². The maximum absolute atomic E-state index is 11.8. The molecule has 0 spiro atoms. The first-order valence-electron chi connectivity index (χ1n) is 7.58. The summed E-state index contributed by atoms with van der Waals surface area (Å²) < 4.78 is 34.9. The van der Waals surface area contributed by atoms with Crippen molar-refractivity contribution in [3.05, 3.63) is 0 Å². The summed E-state index contributed by atoms with van der Waals surface area (Å²) in [5.74, 6) is 2.62. The first kappa shape index (κ1) is 18.3. The van der Waals surface area contributed by atoms with Crippen molar-refractivity contribution >= 4 is 21.6 Å². The minimum Gasteiger partial charge on any atom is -0.372 e. The molecule has 0 aromatic rings. The summed E-state index contributed by atoms with van der Waals surface area (Å²) in [7, 11) is -1.62. The average Bonchev–Trinajstić information content (AvgIpc) is 2.45. The molecule has 0 aromatic heterocycles. The lowest BCUT2D eigenvalue weighted by Gasteiger charge is -2.29. The fourth-order valence-corrected chi connectivity index (χ4v) is 4.74. The van der Waals surface area contributed by atoms with Crippen molar-refractivity contribution in [1.29, 1.82) is 0 Å². The molecule has 120 valence electrons. The number of unbranched alkanes of at least 4 members (excludes halogenated alkanes) is 2. The van der Waals surface area contributed by atoms with Crippen molar-refractivity contribution in [2.45, 2.75) is 51.7 Å². The molecule has 1 heterocycles. The highest BCUT2D eigenvalue weighted by Crippen LogP contribution is 2.11. The van der Waals surface area contributed by atoms with Gasteiger partial charge in [-0.25, -0.2) is 0 Å². The van der Waals surface area contributed by atoms with Gasteiger partial charge in [-0.15, -0.1) is 0 Å². The van der Waals surface area contributed by atoms with Gasteiger partial charge in [0.1, 0.15) is 0 Å². The highest BCUT2D eigenvalue weighted by atomic mass is 32.2. The Morgan fingerprint density at radius 1 is 0.850 bits per heavy atom. The molecule has 4 atom stereocenters. The van der Waals surface area contributed by atoms with E-state index in [4.69, 9.17) is 9.47 Å². The number of hydrogen-bond donors (Lipinski definition) is 0. The van der Waals surface area contributed by atoms with Crippen LogP contribution < -0.4 is 0 Å². The maximum atomic E-state index is 11.8. The first-order chi connectivity index (χ1) is 9.65. The molecule has 6 heteroatoms. The van der Waals surface area contributed by atoms with Crippen LogP contribution in [0.5, 0.6) is 0 Å². The molecule has 0 N–H and O–H groups in total. The van der Waals surface area contributed by atoms with E-state index in [2.05, 4.69) is 13.8 Å². The lowest BCUT2D eigenvalue weighted by molar-refractivity contribution is -0.116. The third kappa shape index (κ3) is 7.86. The SMILES string of the molecule is CCCCS(=O)CC1COC(CS(=O)CCCC)CO1. The van der Waals surface area contributed by atoms with Crippen LogP contribution in [0.4, 0.5) is 0 Å². The third-order valence-electron chi connectivity index (χ3n) is 3.23. The summed E-state index contributed by atoms with van der Waals surface area (Å²) in [6.45, 7) is 5.16. The van der Waals surface area contributed by atoms with Crippen LogP contribution in [0.2, 0.25) is 0 Å². The van der Waals surface area contributed by atoms with Crippen LogP contribution >= 0.6 is 0 Å². The summed E-state index contributed by atoms with van der Waals surface area (Å²) in [4.78, 5) is 0. The molecule has 20 heavy (non-hydrogen) atoms. The molecule has 1 saturated heterocycles. The van der Waals surface area contributed by atoms with Gasteiger partial charge in [-0.3, -0.25) is 8.42 Å². The monoisotopic (exact) mass is 324 g/mol. The van der Waals surface area contributed by atoms with Crippen LogP contribution in [0.15, 0.2) is 0 Å². The molecule has 1 aliphatic heterocycles. The average molecular weight is 325 g/mol. The molecule has 0 saturated carbocycles. The second-order valence-electron chi connectivity index (χ2n) is 5.24. The van der Waals surface area contributed by atoms with E-state index in [-0.39, 0.29) is 12.2 Å². The molecule has 0 amide bonds. The van der Waals surface area contributed by atoms with Crippen LogP contribution in [0, 0.1) is 0 Å². The fourth-order valence-electron chi connectivity index (χ4n) is 1.97. The fraction of sp³-hybridized carbons (Fsp3) is 1.00. The maximum Gasteiger partial charge on any atom is 0.0924 e. The molecule has 1 rings (SSSR count). The largest absolute Gasteiger partial charge is 0.372 e. The van der Waals surface area contributed by atoms with Crippen LogP contribution in [0.3, 0.4) is 0 Å². The van der Waals surface area contributed by atoms with E-state index in [0.717, 1.165) is 37.2 Å². The molecule has 4 unspecified atom stereocenters. The Kier molecular flexibility index (Phi) is 9.94. The van der Waals surface area contributed by atoms with E-state index in [1.54, 1.807) is 0 Å². The number of rotatable bonds is 10. The van der Waals surface area contributed by atoms with Gasteiger partial charge in [0.2, 0.25) is 0 Å². The van der Waals surface area contributed by atoms with Crippen molar-refractivity contribution in [3.8, 4) is 0 Å². The van der Waals surface area contributed by atoms with Gasteiger partial charge in [-0.05, 0) is 12.8 Å². The van der Waals surface area contributed by atoms with Gasteiger partial charge in [0.15, 0.2) is 0 Å². The van der Waals surface area contributed by atoms with E-state index in [9.17, 15) is 8.42 Å². The van der Waals surface area contributed by atoms with Crippen LogP contribution in [0.25, 0.3) is 0 Å². The normalized spacial score (nSPS) is 26.3. The molecular weight excluding hydrogens is 296 g/mol. The molecule has 0 aliphatic carbocycles. The minimum atomic E-state index is -0.809. The van der Waals surface area contributed by atoms with Gasteiger partial charge in [0.05, 0.1) is 36.9 Å². The second kappa shape index (κ2) is 10.9. The van der Waals surface area contributed by atoms with Crippen molar-refractivity contribution in [2.75, 3.05) is 36.2 Å². The van der Waals surface area contributed by atoms with Crippen molar-refractivity contribution in [2.24, 2.45) is 0 Å². The molecule has 0 radical (unpaired) electrons. The highest BCUT2D eigenvalue weighted by molar-refractivity contribution is 7.85. The van der Waals surface area contributed by atoms with Crippen LogP contribution in [-0.4, -0.2) is 56.9 Å². The summed E-state index contributed by atoms with van der Waals surface area (Å²) in [6, 6.07) is 0. The Morgan fingerprint density at radius 3 is 1.55 bits per heavy atom. The Bertz CT molecular complexity index is 272. The van der Waals surface area contributed by atoms with E-state index < -0.39 is 21.6 Å². The number of ether oxygens (including phenoxy) is 2. The van der Waals surface area contributed by atoms with Gasteiger partial charge in [-0.1, -0.05) is 26.7 Å². The predicted molar refractivity (Wildman–Crippen MR) is 85.0 cm³/mol. The molecule has 1 fully saturated rings. The van der Waals surface area contributed by atoms with Crippen LogP contribution in [-0.2, 0) is 31.1 Å². The van der Waals surface area contributed by atoms with Crippen molar-refractivity contribution in [1.82, 2.24) is 0 Å². The standard InChI is InChI=1S/C14H28O4S2/c1-3-5-7-19(15)11-13-9-18-14(10-17-13)12-20(16)8-6-4-2/h13-14H,3-12H2,1-2H3. The van der Waals surface area contributed by atoms with Crippen LogP contribution in [0.1, 0.15) is 39.5 Å². The van der Waals surface area contributed by atoms with Gasteiger partial charge >= 0.3 is 0 Å². The zero-order valence-electron chi connectivity index (χ0n) is 12.7. The van der Waals surface area contributed by atoms with Gasteiger partial charge in [0, 0.05) is 33.1 Å². The first-order valence-corrected chi connectivity index (χ1v) is 10.6. The van der Waals surface area contributed by atoms with Crippen molar-refractivity contribution in [3.63, 3.8) is 0 Å². The molecule has 1 aliphatic rings. The summed E-state index contributed by atoms with van der Waals surface area (Å²) in [5.41, 5.74) is 0. The van der Waals surface area contributed by atoms with Gasteiger partial charge < -0.3 is 9.47 Å². The predicted octanol–water partition coefficient (Wildman–Crippen LogP) is 1.87. The lowest BCUT2D eigenvalue weighted by Crippen LogP contribution is -2.41. The minimum absolute atomic E-state index is 0.0620. The Hall–Kier alpha value is 0.220. The van der Waals surface area contributed by atoms with E-state index >= 15 is 0 Å². The summed E-state index contributed by atoms with van der Waals surface area (Å²) in [6.07, 6.45) is 4.01. The molecule has 0 aromatic carbocycles. The smallest absolute Gasteiger partial charge is 0.0924 e. The molecule has 4 nitrogen and oxygen atoms in total. The lowest BCUT2D eigenvalue weighted by atomic mass is 10.3. The summed E-state index contributed by atoms with van der Waals surface area (Å²) >= 11 is 0. The number of hydrogen-bond acceptors (Lipinski definition) is 4. The highest BCUT2D eigenvalue weighted by Gasteiger charge is 2.24. The van der Waals surface area contributed by atoms with Gasteiger partial charge in [-0.2, -0.15) is 0 Å². The molecule has 0 bridgehead atoms. The van der Waals surface area contributed by atoms with E-state index in [1.165, 1.54) is 0 Å². The Balaban J connectivity index is 2.16. The quantitative estimate of drug-likeness (QED) is 0.615. The van der Waals surface area contributed by atoms with Crippen molar-refractivity contribution < 1.29 is 17.9 Å². The molecular formula is C14H28O4S2. The zero-order chi connectivity index (χ0) is 14.8. The van der Waals surface area contributed by atoms with E-state index in [1.807, 2.05) is 0 Å². The van der Waals surface area contributed by atoms with E-state index in [0.29, 0.717) is 24.7 Å². The third-order valence-corrected chi connectivity index (χ3v) is 6.21.